The summed E-state index contributed by atoms with van der Waals surface area (Å²) >= 11 is 0. The molecule has 146 valence electrons. The fraction of sp³-hybridized carbons (Fsp3) is 0.304. The number of carbonyl (C=O) groups excluding carboxylic acids is 1. The molecule has 0 spiro atoms. The molecule has 0 saturated carbocycles. The van der Waals surface area contributed by atoms with E-state index in [0.717, 1.165) is 31.6 Å². The second-order valence-electron chi connectivity index (χ2n) is 6.99. The van der Waals surface area contributed by atoms with Gasteiger partial charge in [-0.15, -0.1) is 0 Å². The van der Waals surface area contributed by atoms with Gasteiger partial charge < -0.3 is 21.9 Å². The smallest absolute Gasteiger partial charge is 0.242 e. The van der Waals surface area contributed by atoms with Crippen molar-refractivity contribution in [2.75, 3.05) is 13.1 Å². The Bertz CT molecular complexity index is 1020. The molecule has 4 nitrogen and oxygen atoms in total. The molecule has 3 aromatic rings. The maximum absolute atomic E-state index is 12.6. The van der Waals surface area contributed by atoms with Gasteiger partial charge in [0.1, 0.15) is 6.54 Å². The highest BCUT2D eigenvalue weighted by Gasteiger charge is 2.23. The number of halogens is 1. The highest BCUT2D eigenvalue weighted by atomic mass is 35.5. The zero-order chi connectivity index (χ0) is 18.8. The molecule has 0 aliphatic carbocycles. The van der Waals surface area contributed by atoms with E-state index in [2.05, 4.69) is 64.0 Å². The van der Waals surface area contributed by atoms with Gasteiger partial charge in [-0.25, -0.2) is 0 Å². The molecule has 2 aromatic heterocycles. The van der Waals surface area contributed by atoms with Crippen molar-refractivity contribution in [2.24, 2.45) is 0 Å². The number of hydrogen-bond donors (Lipinski definition) is 0. The molecule has 1 amide bonds. The van der Waals surface area contributed by atoms with E-state index in [9.17, 15) is 4.79 Å². The van der Waals surface area contributed by atoms with Crippen LogP contribution in [-0.2, 0) is 17.9 Å². The first kappa shape index (κ1) is 20.2. The molecule has 0 bridgehead atoms. The van der Waals surface area contributed by atoms with Gasteiger partial charge in [-0.1, -0.05) is 18.2 Å². The standard InChI is InChI=1S/C23H26N3O.ClH/c1-3-24(4-2)23(27)17-26-16-19(20-9-5-6-11-22(20)26)15-18-12-14-25-13-8-7-10-21(18)25;/h5-11,13,15-16H,3-4,12,14,17H2,1-2H3;1H/q+1;/p-1. The maximum Gasteiger partial charge on any atom is 0.242 e. The third-order valence-electron chi connectivity index (χ3n) is 5.46. The Kier molecular flexibility index (Phi) is 6.20. The van der Waals surface area contributed by atoms with Crippen molar-refractivity contribution in [1.82, 2.24) is 9.47 Å². The Balaban J connectivity index is 0.00000225. The molecule has 1 aliphatic heterocycles. The normalized spacial score (nSPS) is 14.1. The van der Waals surface area contributed by atoms with Crippen LogP contribution in [0.25, 0.3) is 22.6 Å². The monoisotopic (exact) mass is 395 g/mol. The molecule has 1 aromatic carbocycles. The Hall–Kier alpha value is -2.59. The van der Waals surface area contributed by atoms with E-state index in [-0.39, 0.29) is 18.3 Å². The summed E-state index contributed by atoms with van der Waals surface area (Å²) in [4.78, 5) is 14.5. The summed E-state index contributed by atoms with van der Waals surface area (Å²) in [5.74, 6) is 0.168. The van der Waals surface area contributed by atoms with Crippen LogP contribution in [-0.4, -0.2) is 28.5 Å². The lowest BCUT2D eigenvalue weighted by Crippen LogP contribution is -3.00. The van der Waals surface area contributed by atoms with Gasteiger partial charge in [-0.3, -0.25) is 4.79 Å². The van der Waals surface area contributed by atoms with Crippen molar-refractivity contribution in [2.45, 2.75) is 33.4 Å². The van der Waals surface area contributed by atoms with Gasteiger partial charge >= 0.3 is 0 Å². The lowest BCUT2D eigenvalue weighted by Gasteiger charge is -2.19. The fourth-order valence-corrected chi connectivity index (χ4v) is 4.01. The van der Waals surface area contributed by atoms with Crippen LogP contribution in [0.4, 0.5) is 0 Å². The number of hydrogen-bond acceptors (Lipinski definition) is 1. The zero-order valence-electron chi connectivity index (χ0n) is 16.4. The van der Waals surface area contributed by atoms with E-state index < -0.39 is 0 Å². The summed E-state index contributed by atoms with van der Waals surface area (Å²) < 4.78 is 4.39. The average molecular weight is 396 g/mol. The summed E-state index contributed by atoms with van der Waals surface area (Å²) in [6.45, 7) is 6.97. The van der Waals surface area contributed by atoms with Crippen molar-refractivity contribution in [1.29, 1.82) is 0 Å². The van der Waals surface area contributed by atoms with Crippen LogP contribution >= 0.6 is 0 Å². The molecule has 4 rings (SSSR count). The van der Waals surface area contributed by atoms with E-state index in [0.29, 0.717) is 6.54 Å². The van der Waals surface area contributed by atoms with Crippen LogP contribution in [0.2, 0.25) is 0 Å². The first-order chi connectivity index (χ1) is 13.2. The summed E-state index contributed by atoms with van der Waals surface area (Å²) in [5, 5.41) is 1.20. The Morgan fingerprint density at radius 1 is 1.14 bits per heavy atom. The van der Waals surface area contributed by atoms with E-state index in [1.54, 1.807) is 0 Å². The van der Waals surface area contributed by atoms with Crippen LogP contribution in [0.1, 0.15) is 31.5 Å². The summed E-state index contributed by atoms with van der Waals surface area (Å²) in [6, 6.07) is 14.7. The number of allylic oxidation sites excluding steroid dienone is 1. The predicted octanol–water partition coefficient (Wildman–Crippen LogP) is 0.746. The van der Waals surface area contributed by atoms with Gasteiger partial charge in [0, 0.05) is 59.9 Å². The molecule has 5 heteroatoms. The zero-order valence-corrected chi connectivity index (χ0v) is 17.2. The van der Waals surface area contributed by atoms with E-state index in [4.69, 9.17) is 0 Å². The van der Waals surface area contributed by atoms with Crippen molar-refractivity contribution >= 4 is 28.5 Å². The number of rotatable bonds is 5. The molecule has 0 saturated heterocycles. The van der Waals surface area contributed by atoms with Crippen LogP contribution in [0, 0.1) is 0 Å². The molecular weight excluding hydrogens is 370 g/mol. The number of amides is 1. The summed E-state index contributed by atoms with van der Waals surface area (Å²) in [6.07, 6.45) is 7.61. The minimum Gasteiger partial charge on any atom is -1.00 e. The van der Waals surface area contributed by atoms with Crippen molar-refractivity contribution in [3.05, 3.63) is 66.1 Å². The molecule has 0 fully saturated rings. The lowest BCUT2D eigenvalue weighted by molar-refractivity contribution is -0.689. The van der Waals surface area contributed by atoms with Crippen LogP contribution < -0.4 is 17.0 Å². The number of aromatic nitrogens is 2. The van der Waals surface area contributed by atoms with Gasteiger partial charge in [0.2, 0.25) is 11.6 Å². The first-order valence-electron chi connectivity index (χ1n) is 9.76. The van der Waals surface area contributed by atoms with Crippen molar-refractivity contribution in [3.8, 4) is 0 Å². The molecule has 3 heterocycles. The Morgan fingerprint density at radius 3 is 2.68 bits per heavy atom. The second kappa shape index (κ2) is 8.61. The number of fused-ring (bicyclic) bond motifs is 2. The predicted molar refractivity (Wildman–Crippen MR) is 109 cm³/mol. The molecule has 0 unspecified atom stereocenters. The largest absolute Gasteiger partial charge is 1.00 e. The molecule has 0 radical (unpaired) electrons. The van der Waals surface area contributed by atoms with Crippen molar-refractivity contribution in [3.63, 3.8) is 0 Å². The van der Waals surface area contributed by atoms with Crippen LogP contribution in [0.15, 0.2) is 54.9 Å². The van der Waals surface area contributed by atoms with Gasteiger partial charge in [0.15, 0.2) is 12.7 Å². The number of para-hydroxylation sites is 1. The highest BCUT2D eigenvalue weighted by Crippen LogP contribution is 2.28. The maximum atomic E-state index is 12.6. The number of aryl methyl sites for hydroxylation is 1. The molecule has 0 N–H and O–H groups in total. The minimum atomic E-state index is 0. The summed E-state index contributed by atoms with van der Waals surface area (Å²) in [5.41, 5.74) is 4.94. The van der Waals surface area contributed by atoms with Gasteiger partial charge in [-0.05, 0) is 32.1 Å². The number of pyridine rings is 1. The quantitative estimate of drug-likeness (QED) is 0.586. The minimum absolute atomic E-state index is 0. The molecule has 28 heavy (non-hydrogen) atoms. The number of benzene rings is 1. The van der Waals surface area contributed by atoms with E-state index in [1.165, 1.54) is 22.2 Å². The third kappa shape index (κ3) is 3.69. The molecule has 0 atom stereocenters. The topological polar surface area (TPSA) is 29.1 Å². The van der Waals surface area contributed by atoms with Crippen molar-refractivity contribution < 1.29 is 21.8 Å². The third-order valence-corrected chi connectivity index (χ3v) is 5.46. The van der Waals surface area contributed by atoms with Gasteiger partial charge in [-0.2, -0.15) is 4.57 Å². The summed E-state index contributed by atoms with van der Waals surface area (Å²) in [7, 11) is 0. The Morgan fingerprint density at radius 2 is 1.89 bits per heavy atom. The average Bonchev–Trinajstić information content (AvgIpc) is 3.26. The van der Waals surface area contributed by atoms with Gasteiger partial charge in [0.05, 0.1) is 0 Å². The van der Waals surface area contributed by atoms with E-state index >= 15 is 0 Å². The van der Waals surface area contributed by atoms with Gasteiger partial charge in [0.25, 0.3) is 0 Å². The number of likely N-dealkylation sites (N-methyl/N-ethyl adjacent to an activating group) is 1. The second-order valence-corrected chi connectivity index (χ2v) is 6.99. The fourth-order valence-electron chi connectivity index (χ4n) is 4.01. The van der Waals surface area contributed by atoms with E-state index in [1.807, 2.05) is 24.8 Å². The Labute approximate surface area is 172 Å². The highest BCUT2D eigenvalue weighted by molar-refractivity contribution is 5.95. The number of nitrogens with zero attached hydrogens (tertiary/aromatic N) is 3. The number of carbonyl (C=O) groups is 1. The SMILES string of the molecule is CCN(CC)C(=O)Cn1cc(/C=C2\CC[n+]3ccccc32)c2ccccc21.[Cl-]. The molecular formula is C23H26ClN3O. The first-order valence-corrected chi connectivity index (χ1v) is 9.76. The molecule has 1 aliphatic rings. The van der Waals surface area contributed by atoms with Crippen LogP contribution in [0.3, 0.4) is 0 Å². The van der Waals surface area contributed by atoms with Crippen LogP contribution in [0.5, 0.6) is 0 Å². The lowest BCUT2D eigenvalue weighted by atomic mass is 10.1.